The van der Waals surface area contributed by atoms with E-state index in [2.05, 4.69) is 29.1 Å². The molecular weight excluding hydrogens is 266 g/mol. The molecule has 1 aromatic carbocycles. The van der Waals surface area contributed by atoms with Crippen LogP contribution in [0.3, 0.4) is 0 Å². The number of aromatic nitrogens is 1. The molecule has 5 heteroatoms. The Morgan fingerprint density at radius 2 is 2.10 bits per heavy atom. The smallest absolute Gasteiger partial charge is 0.272 e. The Morgan fingerprint density at radius 1 is 1.29 bits per heavy atom. The summed E-state index contributed by atoms with van der Waals surface area (Å²) in [7, 11) is 0. The summed E-state index contributed by atoms with van der Waals surface area (Å²) in [6, 6.07) is 9.02. The van der Waals surface area contributed by atoms with E-state index in [4.69, 9.17) is 0 Å². The molecule has 0 bridgehead atoms. The number of rotatable bonds is 8. The number of aryl methyl sites for hydroxylation is 2. The average Bonchev–Trinajstić information content (AvgIpc) is 2.93. The third-order valence-electron chi connectivity index (χ3n) is 3.40. The minimum absolute atomic E-state index is 0.203. The summed E-state index contributed by atoms with van der Waals surface area (Å²) in [6.45, 7) is 4.78. The third kappa shape index (κ3) is 4.43. The van der Waals surface area contributed by atoms with Crippen LogP contribution in [-0.2, 0) is 19.5 Å². The molecule has 112 valence electrons. The molecule has 0 aliphatic carbocycles. The lowest BCUT2D eigenvalue weighted by molar-refractivity contribution is -0.385. The van der Waals surface area contributed by atoms with Crippen molar-refractivity contribution in [3.8, 4) is 0 Å². The van der Waals surface area contributed by atoms with Gasteiger partial charge in [0, 0.05) is 37.1 Å². The zero-order chi connectivity index (χ0) is 15.1. The number of hydrogen-bond acceptors (Lipinski definition) is 3. The number of benzene rings is 1. The van der Waals surface area contributed by atoms with Gasteiger partial charge >= 0.3 is 0 Å². The number of nitro groups is 1. The van der Waals surface area contributed by atoms with Gasteiger partial charge in [0.15, 0.2) is 0 Å². The number of hydrogen-bond donors (Lipinski definition) is 1. The van der Waals surface area contributed by atoms with Gasteiger partial charge in [-0.05, 0) is 31.0 Å². The van der Waals surface area contributed by atoms with E-state index in [0.29, 0.717) is 6.42 Å². The lowest BCUT2D eigenvalue weighted by Crippen LogP contribution is -2.13. The molecule has 0 aliphatic rings. The van der Waals surface area contributed by atoms with E-state index in [1.807, 2.05) is 18.3 Å². The first-order valence-corrected chi connectivity index (χ1v) is 7.28. The second-order valence-corrected chi connectivity index (χ2v) is 5.07. The molecule has 0 spiro atoms. The molecule has 1 aromatic heterocycles. The van der Waals surface area contributed by atoms with Crippen molar-refractivity contribution in [3.05, 3.63) is 64.0 Å². The fourth-order valence-electron chi connectivity index (χ4n) is 2.29. The average molecular weight is 287 g/mol. The highest BCUT2D eigenvalue weighted by molar-refractivity contribution is 5.39. The Balaban J connectivity index is 1.93. The molecule has 21 heavy (non-hydrogen) atoms. The van der Waals surface area contributed by atoms with Crippen LogP contribution in [0.25, 0.3) is 0 Å². The fourth-order valence-corrected chi connectivity index (χ4v) is 2.29. The monoisotopic (exact) mass is 287 g/mol. The van der Waals surface area contributed by atoms with Crippen molar-refractivity contribution in [1.82, 2.24) is 9.88 Å². The summed E-state index contributed by atoms with van der Waals surface area (Å²) in [5.74, 6) is 0. The molecular formula is C16H21N3O2. The van der Waals surface area contributed by atoms with Crippen LogP contribution in [0.15, 0.2) is 42.7 Å². The lowest BCUT2D eigenvalue weighted by Gasteiger charge is -2.04. The van der Waals surface area contributed by atoms with Gasteiger partial charge in [-0.2, -0.15) is 0 Å². The zero-order valence-electron chi connectivity index (χ0n) is 12.3. The molecule has 2 aromatic rings. The first-order chi connectivity index (χ1) is 10.2. The molecule has 0 radical (unpaired) electrons. The Hall–Kier alpha value is -2.14. The molecule has 1 heterocycles. The molecule has 0 atom stereocenters. The number of nitro benzene ring substituents is 1. The summed E-state index contributed by atoms with van der Waals surface area (Å²) in [5.41, 5.74) is 2.22. The van der Waals surface area contributed by atoms with Crippen LogP contribution >= 0.6 is 0 Å². The van der Waals surface area contributed by atoms with Crippen LogP contribution in [0.5, 0.6) is 0 Å². The third-order valence-corrected chi connectivity index (χ3v) is 3.40. The predicted molar refractivity (Wildman–Crippen MR) is 83.2 cm³/mol. The van der Waals surface area contributed by atoms with E-state index in [1.165, 1.54) is 5.56 Å². The maximum absolute atomic E-state index is 11.0. The molecule has 1 N–H and O–H groups in total. The topological polar surface area (TPSA) is 60.1 Å². The molecule has 0 fully saturated rings. The molecule has 5 nitrogen and oxygen atoms in total. The van der Waals surface area contributed by atoms with Gasteiger partial charge < -0.3 is 9.88 Å². The van der Waals surface area contributed by atoms with E-state index >= 15 is 0 Å². The minimum Gasteiger partial charge on any atom is -0.354 e. The largest absolute Gasteiger partial charge is 0.354 e. The van der Waals surface area contributed by atoms with Crippen molar-refractivity contribution in [2.75, 3.05) is 6.54 Å². The number of nitrogens with zero attached hydrogens (tertiary/aromatic N) is 2. The van der Waals surface area contributed by atoms with E-state index in [1.54, 1.807) is 12.1 Å². The molecule has 0 saturated heterocycles. The molecule has 0 saturated carbocycles. The quantitative estimate of drug-likeness (QED) is 0.461. The molecule has 0 amide bonds. The van der Waals surface area contributed by atoms with Crippen LogP contribution in [0.2, 0.25) is 0 Å². The van der Waals surface area contributed by atoms with Crippen LogP contribution < -0.4 is 5.32 Å². The van der Waals surface area contributed by atoms with Gasteiger partial charge in [0.05, 0.1) is 4.92 Å². The first-order valence-electron chi connectivity index (χ1n) is 7.28. The summed E-state index contributed by atoms with van der Waals surface area (Å²) < 4.78 is 2.08. The van der Waals surface area contributed by atoms with E-state index in [-0.39, 0.29) is 10.6 Å². The van der Waals surface area contributed by atoms with Gasteiger partial charge in [0.1, 0.15) is 0 Å². The van der Waals surface area contributed by atoms with E-state index in [9.17, 15) is 10.1 Å². The summed E-state index contributed by atoms with van der Waals surface area (Å²) in [6.07, 6.45) is 5.90. The van der Waals surface area contributed by atoms with Crippen LogP contribution in [0.1, 0.15) is 24.5 Å². The second-order valence-electron chi connectivity index (χ2n) is 5.07. The van der Waals surface area contributed by atoms with Gasteiger partial charge in [0.25, 0.3) is 5.69 Å². The van der Waals surface area contributed by atoms with Gasteiger partial charge in [0.2, 0.25) is 0 Å². The fraction of sp³-hybridized carbons (Fsp3) is 0.375. The standard InChI is InChI=1S/C16H21N3O2/c1-2-9-17-12-14-7-10-18(13-14)11-8-15-5-3-4-6-16(15)19(20)21/h3-7,10,13,17H,2,8-9,11-12H2,1H3. The Labute approximate surface area is 124 Å². The van der Waals surface area contributed by atoms with Crippen LogP contribution in [0.4, 0.5) is 5.69 Å². The number of nitrogens with one attached hydrogen (secondary N) is 1. The van der Waals surface area contributed by atoms with Crippen molar-refractivity contribution >= 4 is 5.69 Å². The van der Waals surface area contributed by atoms with Crippen molar-refractivity contribution in [1.29, 1.82) is 0 Å². The maximum Gasteiger partial charge on any atom is 0.272 e. The highest BCUT2D eigenvalue weighted by Crippen LogP contribution is 2.18. The first kappa shape index (κ1) is 15.3. The predicted octanol–water partition coefficient (Wildman–Crippen LogP) is 3.14. The van der Waals surface area contributed by atoms with Crippen molar-refractivity contribution < 1.29 is 4.92 Å². The van der Waals surface area contributed by atoms with Gasteiger partial charge in [-0.25, -0.2) is 0 Å². The maximum atomic E-state index is 11.0. The van der Waals surface area contributed by atoms with Crippen molar-refractivity contribution in [3.63, 3.8) is 0 Å². The lowest BCUT2D eigenvalue weighted by atomic mass is 10.1. The van der Waals surface area contributed by atoms with Crippen molar-refractivity contribution in [2.45, 2.75) is 32.9 Å². The van der Waals surface area contributed by atoms with Crippen molar-refractivity contribution in [2.24, 2.45) is 0 Å². The normalized spacial score (nSPS) is 10.7. The summed E-state index contributed by atoms with van der Waals surface area (Å²) in [5, 5.41) is 14.3. The van der Waals surface area contributed by atoms with Crippen LogP contribution in [-0.4, -0.2) is 16.0 Å². The summed E-state index contributed by atoms with van der Waals surface area (Å²) >= 11 is 0. The minimum atomic E-state index is -0.314. The number of para-hydroxylation sites is 1. The van der Waals surface area contributed by atoms with Gasteiger partial charge in [-0.3, -0.25) is 10.1 Å². The van der Waals surface area contributed by atoms with Gasteiger partial charge in [-0.1, -0.05) is 25.1 Å². The Kier molecular flexibility index (Phi) is 5.51. The Bertz CT molecular complexity index is 593. The SMILES string of the molecule is CCCNCc1ccn(CCc2ccccc2[N+](=O)[O-])c1. The summed E-state index contributed by atoms with van der Waals surface area (Å²) in [4.78, 5) is 10.7. The van der Waals surface area contributed by atoms with Crippen LogP contribution in [0, 0.1) is 10.1 Å². The highest BCUT2D eigenvalue weighted by Gasteiger charge is 2.11. The van der Waals surface area contributed by atoms with E-state index in [0.717, 1.165) is 31.6 Å². The zero-order valence-corrected chi connectivity index (χ0v) is 12.3. The molecule has 2 rings (SSSR count). The van der Waals surface area contributed by atoms with E-state index < -0.39 is 0 Å². The highest BCUT2D eigenvalue weighted by atomic mass is 16.6. The Morgan fingerprint density at radius 3 is 2.86 bits per heavy atom. The molecule has 0 unspecified atom stereocenters. The second kappa shape index (κ2) is 7.59. The molecule has 0 aliphatic heterocycles. The van der Waals surface area contributed by atoms with Gasteiger partial charge in [-0.15, -0.1) is 0 Å².